The number of benzene rings is 1. The number of hydrogen-bond donors (Lipinski definition) is 1. The Morgan fingerprint density at radius 2 is 1.90 bits per heavy atom. The van der Waals surface area contributed by atoms with E-state index in [2.05, 4.69) is 10.4 Å². The molecule has 4 aliphatic rings. The third kappa shape index (κ3) is 3.89. The minimum Gasteiger partial charge on any atom is -0.471 e. The van der Waals surface area contributed by atoms with E-state index in [1.165, 1.54) is 38.5 Å². The van der Waals surface area contributed by atoms with Crippen LogP contribution in [0.3, 0.4) is 0 Å². The molecule has 4 saturated carbocycles. The molecule has 0 spiro atoms. The van der Waals surface area contributed by atoms with Crippen molar-refractivity contribution in [3.8, 4) is 5.75 Å². The van der Waals surface area contributed by atoms with Gasteiger partial charge in [0.1, 0.15) is 11.4 Å². The van der Waals surface area contributed by atoms with Crippen LogP contribution in [0, 0.1) is 30.1 Å². The van der Waals surface area contributed by atoms with Crippen LogP contribution in [0.2, 0.25) is 5.02 Å². The topological polar surface area (TPSA) is 56.1 Å². The molecule has 2 aromatic rings. The molecule has 1 aromatic carbocycles. The van der Waals surface area contributed by atoms with Crippen LogP contribution in [0.4, 0.5) is 0 Å². The largest absolute Gasteiger partial charge is 0.471 e. The maximum atomic E-state index is 12.7. The molecule has 0 aliphatic heterocycles. The fourth-order valence-electron chi connectivity index (χ4n) is 6.33. The SMILES string of the molecule is Cc1cc(Cl)ccc1OCn1ccc(C(=O)NCC23CC4CC(CC(C4)C2)C3)n1. The van der Waals surface area contributed by atoms with Gasteiger partial charge in [-0.05, 0) is 98.4 Å². The molecule has 6 rings (SSSR count). The summed E-state index contributed by atoms with van der Waals surface area (Å²) >= 11 is 5.98. The lowest BCUT2D eigenvalue weighted by molar-refractivity contribution is -0.0503. The van der Waals surface area contributed by atoms with Crippen molar-refractivity contribution >= 4 is 17.5 Å². The van der Waals surface area contributed by atoms with Gasteiger partial charge in [0, 0.05) is 17.8 Å². The quantitative estimate of drug-likeness (QED) is 0.738. The second kappa shape index (κ2) is 7.35. The summed E-state index contributed by atoms with van der Waals surface area (Å²) < 4.78 is 7.45. The molecule has 4 fully saturated rings. The van der Waals surface area contributed by atoms with Gasteiger partial charge in [0.2, 0.25) is 0 Å². The van der Waals surface area contributed by atoms with Crippen LogP contribution in [0.25, 0.3) is 0 Å². The van der Waals surface area contributed by atoms with E-state index in [0.29, 0.717) is 16.1 Å². The van der Waals surface area contributed by atoms with Gasteiger partial charge in [-0.2, -0.15) is 5.10 Å². The van der Waals surface area contributed by atoms with Crippen molar-refractivity contribution in [1.29, 1.82) is 0 Å². The van der Waals surface area contributed by atoms with Gasteiger partial charge < -0.3 is 10.1 Å². The molecule has 154 valence electrons. The number of nitrogens with zero attached hydrogens (tertiary/aromatic N) is 2. The molecule has 1 N–H and O–H groups in total. The zero-order valence-corrected chi connectivity index (χ0v) is 17.6. The smallest absolute Gasteiger partial charge is 0.271 e. The van der Waals surface area contributed by atoms with Gasteiger partial charge in [0.15, 0.2) is 6.73 Å². The first-order valence-electron chi connectivity index (χ1n) is 10.7. The maximum absolute atomic E-state index is 12.7. The Morgan fingerprint density at radius 3 is 2.55 bits per heavy atom. The van der Waals surface area contributed by atoms with E-state index in [9.17, 15) is 4.79 Å². The highest BCUT2D eigenvalue weighted by molar-refractivity contribution is 6.30. The molecule has 0 saturated heterocycles. The predicted molar refractivity (Wildman–Crippen MR) is 112 cm³/mol. The fraction of sp³-hybridized carbons (Fsp3) is 0.565. The monoisotopic (exact) mass is 413 g/mol. The number of halogens is 1. The lowest BCUT2D eigenvalue weighted by atomic mass is 9.49. The van der Waals surface area contributed by atoms with Gasteiger partial charge in [0.25, 0.3) is 5.91 Å². The molecular weight excluding hydrogens is 386 g/mol. The van der Waals surface area contributed by atoms with Crippen molar-refractivity contribution in [3.63, 3.8) is 0 Å². The van der Waals surface area contributed by atoms with Crippen LogP contribution in [0.5, 0.6) is 5.75 Å². The van der Waals surface area contributed by atoms with E-state index in [1.54, 1.807) is 23.0 Å². The van der Waals surface area contributed by atoms with Gasteiger partial charge in [-0.1, -0.05) is 11.6 Å². The standard InChI is InChI=1S/C23H28ClN3O2/c1-15-6-19(24)2-3-21(15)29-14-27-5-4-20(26-27)22(28)25-13-23-10-16-7-17(11-23)9-18(8-16)12-23/h2-6,16-18H,7-14H2,1H3,(H,25,28). The van der Waals surface area contributed by atoms with E-state index in [0.717, 1.165) is 35.6 Å². The maximum Gasteiger partial charge on any atom is 0.271 e. The van der Waals surface area contributed by atoms with Crippen molar-refractivity contribution in [1.82, 2.24) is 15.1 Å². The number of ether oxygens (including phenoxy) is 1. The molecule has 1 heterocycles. The number of amides is 1. The van der Waals surface area contributed by atoms with Crippen LogP contribution >= 0.6 is 11.6 Å². The lowest BCUT2D eigenvalue weighted by Gasteiger charge is -2.56. The van der Waals surface area contributed by atoms with E-state index < -0.39 is 0 Å². The molecule has 4 aliphatic carbocycles. The molecule has 6 heteroatoms. The zero-order chi connectivity index (χ0) is 20.0. The fourth-order valence-corrected chi connectivity index (χ4v) is 6.56. The number of rotatable bonds is 6. The number of nitrogens with one attached hydrogen (secondary N) is 1. The summed E-state index contributed by atoms with van der Waals surface area (Å²) in [5, 5.41) is 8.27. The molecule has 29 heavy (non-hydrogen) atoms. The number of carbonyl (C=O) groups excluding carboxylic acids is 1. The number of carbonyl (C=O) groups is 1. The van der Waals surface area contributed by atoms with E-state index >= 15 is 0 Å². The summed E-state index contributed by atoms with van der Waals surface area (Å²) in [5.41, 5.74) is 1.76. The Bertz CT molecular complexity index is 887. The third-order valence-corrected chi connectivity index (χ3v) is 7.39. The first-order valence-corrected chi connectivity index (χ1v) is 11.1. The summed E-state index contributed by atoms with van der Waals surface area (Å²) in [6.07, 6.45) is 9.93. The average molecular weight is 414 g/mol. The summed E-state index contributed by atoms with van der Waals surface area (Å²) in [6, 6.07) is 7.27. The van der Waals surface area contributed by atoms with Crippen molar-refractivity contribution in [2.24, 2.45) is 23.2 Å². The highest BCUT2D eigenvalue weighted by Crippen LogP contribution is 2.59. The molecule has 0 unspecified atom stereocenters. The number of aromatic nitrogens is 2. The summed E-state index contributed by atoms with van der Waals surface area (Å²) in [6.45, 7) is 3.00. The van der Waals surface area contributed by atoms with Crippen LogP contribution in [0.1, 0.15) is 54.6 Å². The molecule has 4 bridgehead atoms. The molecule has 0 atom stereocenters. The molecule has 0 radical (unpaired) electrons. The minimum atomic E-state index is -0.0813. The van der Waals surface area contributed by atoms with Crippen molar-refractivity contribution in [3.05, 3.63) is 46.7 Å². The zero-order valence-electron chi connectivity index (χ0n) is 16.9. The van der Waals surface area contributed by atoms with Crippen molar-refractivity contribution in [2.45, 2.75) is 52.2 Å². The Morgan fingerprint density at radius 1 is 1.21 bits per heavy atom. The van der Waals surface area contributed by atoms with E-state index in [-0.39, 0.29) is 12.6 Å². The predicted octanol–water partition coefficient (Wildman–Crippen LogP) is 4.83. The van der Waals surface area contributed by atoms with Crippen molar-refractivity contribution < 1.29 is 9.53 Å². The Hall–Kier alpha value is -2.01. The first kappa shape index (κ1) is 19.0. The molecular formula is C23H28ClN3O2. The Kier molecular flexibility index (Phi) is 4.81. The third-order valence-electron chi connectivity index (χ3n) is 7.15. The summed E-state index contributed by atoms with van der Waals surface area (Å²) in [5.74, 6) is 3.36. The second-order valence-electron chi connectivity index (χ2n) is 9.52. The second-order valence-corrected chi connectivity index (χ2v) is 9.96. The highest BCUT2D eigenvalue weighted by atomic mass is 35.5. The first-order chi connectivity index (χ1) is 14.0. The molecule has 5 nitrogen and oxygen atoms in total. The summed E-state index contributed by atoms with van der Waals surface area (Å²) in [7, 11) is 0. The number of hydrogen-bond acceptors (Lipinski definition) is 3. The van der Waals surface area contributed by atoms with Gasteiger partial charge in [0.05, 0.1) is 0 Å². The van der Waals surface area contributed by atoms with E-state index in [4.69, 9.17) is 16.3 Å². The van der Waals surface area contributed by atoms with Crippen molar-refractivity contribution in [2.75, 3.05) is 6.54 Å². The van der Waals surface area contributed by atoms with Crippen LogP contribution < -0.4 is 10.1 Å². The van der Waals surface area contributed by atoms with Crippen LogP contribution in [-0.4, -0.2) is 22.2 Å². The summed E-state index contributed by atoms with van der Waals surface area (Å²) in [4.78, 5) is 12.7. The highest BCUT2D eigenvalue weighted by Gasteiger charge is 2.50. The minimum absolute atomic E-state index is 0.0813. The van der Waals surface area contributed by atoms with Gasteiger partial charge >= 0.3 is 0 Å². The van der Waals surface area contributed by atoms with Gasteiger partial charge in [-0.3, -0.25) is 4.79 Å². The van der Waals surface area contributed by atoms with Gasteiger partial charge in [-0.15, -0.1) is 0 Å². The molecule has 1 amide bonds. The van der Waals surface area contributed by atoms with Crippen LogP contribution in [0.15, 0.2) is 30.5 Å². The number of aryl methyl sites for hydroxylation is 1. The lowest BCUT2D eigenvalue weighted by Crippen LogP contribution is -2.51. The Balaban J connectivity index is 1.17. The molecule has 1 aromatic heterocycles. The van der Waals surface area contributed by atoms with Crippen LogP contribution in [-0.2, 0) is 6.73 Å². The average Bonchev–Trinajstić information content (AvgIpc) is 3.13. The normalized spacial score (nSPS) is 29.8. The Labute approximate surface area is 176 Å². The van der Waals surface area contributed by atoms with Gasteiger partial charge in [-0.25, -0.2) is 4.68 Å². The van der Waals surface area contributed by atoms with E-state index in [1.807, 2.05) is 19.1 Å².